The molecule has 0 radical (unpaired) electrons. The summed E-state index contributed by atoms with van der Waals surface area (Å²) in [6.45, 7) is -0.147. The summed E-state index contributed by atoms with van der Waals surface area (Å²) >= 11 is 0. The molecule has 0 amide bonds. The van der Waals surface area contributed by atoms with Crippen LogP contribution in [0.15, 0.2) is 24.3 Å². The number of nitro benzene ring substituents is 1. The van der Waals surface area contributed by atoms with E-state index in [0.717, 1.165) is 5.39 Å². The molecule has 0 aliphatic carbocycles. The minimum atomic E-state index is -0.444. The zero-order chi connectivity index (χ0) is 10.1. The third-order valence-corrected chi connectivity index (χ3v) is 2.06. The van der Waals surface area contributed by atoms with E-state index in [2.05, 4.69) is 4.98 Å². The van der Waals surface area contributed by atoms with Gasteiger partial charge in [0.15, 0.2) is 0 Å². The van der Waals surface area contributed by atoms with E-state index < -0.39 is 4.92 Å². The van der Waals surface area contributed by atoms with Crippen LogP contribution in [0, 0.1) is 10.1 Å². The third kappa shape index (κ3) is 1.23. The lowest BCUT2D eigenvalue weighted by atomic mass is 10.2. The topological polar surface area (TPSA) is 79.2 Å². The molecule has 1 aromatic carbocycles. The molecular formula is C9H8N2O3. The highest BCUT2D eigenvalue weighted by Crippen LogP contribution is 2.25. The Morgan fingerprint density at radius 1 is 1.50 bits per heavy atom. The van der Waals surface area contributed by atoms with Gasteiger partial charge in [0, 0.05) is 17.1 Å². The van der Waals surface area contributed by atoms with Gasteiger partial charge in [-0.05, 0) is 6.07 Å². The number of fused-ring (bicyclic) bond motifs is 1. The van der Waals surface area contributed by atoms with Crippen molar-refractivity contribution in [2.75, 3.05) is 0 Å². The molecule has 1 heterocycles. The van der Waals surface area contributed by atoms with E-state index >= 15 is 0 Å². The molecule has 0 atom stereocenters. The number of nitrogens with one attached hydrogen (secondary N) is 1. The molecule has 0 fully saturated rings. The van der Waals surface area contributed by atoms with Gasteiger partial charge in [-0.1, -0.05) is 12.1 Å². The lowest BCUT2D eigenvalue weighted by molar-refractivity contribution is -0.383. The molecule has 2 N–H and O–H groups in total. The minimum absolute atomic E-state index is 0.0298. The number of aliphatic hydroxyl groups excluding tert-OH is 1. The second-order valence-electron chi connectivity index (χ2n) is 2.95. The highest BCUT2D eigenvalue weighted by atomic mass is 16.6. The van der Waals surface area contributed by atoms with Gasteiger partial charge in [0.05, 0.1) is 11.5 Å². The van der Waals surface area contributed by atoms with Crippen LogP contribution in [0.1, 0.15) is 5.69 Å². The number of aromatic nitrogens is 1. The zero-order valence-electron chi connectivity index (χ0n) is 7.23. The number of aliphatic hydroxyl groups is 1. The Bertz CT molecular complexity index is 490. The Balaban J connectivity index is 2.73. The summed E-state index contributed by atoms with van der Waals surface area (Å²) in [6.07, 6.45) is 0. The van der Waals surface area contributed by atoms with E-state index in [1.165, 1.54) is 6.07 Å². The van der Waals surface area contributed by atoms with Crippen LogP contribution in [0.25, 0.3) is 10.9 Å². The molecule has 2 aromatic rings. The Morgan fingerprint density at radius 3 is 2.93 bits per heavy atom. The maximum atomic E-state index is 10.6. The van der Waals surface area contributed by atoms with Crippen LogP contribution in [0.4, 0.5) is 5.69 Å². The average Bonchev–Trinajstić information content (AvgIpc) is 2.59. The number of H-pyrrole nitrogens is 1. The number of nitrogens with zero attached hydrogens (tertiary/aromatic N) is 1. The molecule has 0 saturated carbocycles. The summed E-state index contributed by atoms with van der Waals surface area (Å²) in [4.78, 5) is 13.0. The van der Waals surface area contributed by atoms with Crippen LogP contribution >= 0.6 is 0 Å². The van der Waals surface area contributed by atoms with Crippen LogP contribution in [-0.2, 0) is 6.61 Å². The van der Waals surface area contributed by atoms with Crippen molar-refractivity contribution in [2.24, 2.45) is 0 Å². The van der Waals surface area contributed by atoms with E-state index in [-0.39, 0.29) is 12.3 Å². The van der Waals surface area contributed by atoms with Gasteiger partial charge in [-0.3, -0.25) is 10.1 Å². The Labute approximate surface area is 79.1 Å². The fourth-order valence-electron chi connectivity index (χ4n) is 1.44. The van der Waals surface area contributed by atoms with Crippen molar-refractivity contribution in [1.29, 1.82) is 0 Å². The van der Waals surface area contributed by atoms with Gasteiger partial charge in [-0.15, -0.1) is 0 Å². The van der Waals surface area contributed by atoms with Crippen molar-refractivity contribution in [3.8, 4) is 0 Å². The fourth-order valence-corrected chi connectivity index (χ4v) is 1.44. The van der Waals surface area contributed by atoms with Crippen LogP contribution in [0.3, 0.4) is 0 Å². The molecule has 5 heteroatoms. The molecule has 5 nitrogen and oxygen atoms in total. The maximum Gasteiger partial charge on any atom is 0.293 e. The Morgan fingerprint density at radius 2 is 2.29 bits per heavy atom. The number of rotatable bonds is 2. The fraction of sp³-hybridized carbons (Fsp3) is 0.111. The van der Waals surface area contributed by atoms with Crippen LogP contribution < -0.4 is 0 Å². The van der Waals surface area contributed by atoms with Crippen molar-refractivity contribution >= 4 is 16.6 Å². The number of para-hydroxylation sites is 1. The van der Waals surface area contributed by atoms with Crippen LogP contribution in [0.5, 0.6) is 0 Å². The first kappa shape index (κ1) is 8.71. The van der Waals surface area contributed by atoms with Gasteiger partial charge < -0.3 is 10.1 Å². The third-order valence-electron chi connectivity index (χ3n) is 2.06. The summed E-state index contributed by atoms with van der Waals surface area (Å²) in [7, 11) is 0. The highest BCUT2D eigenvalue weighted by Gasteiger charge is 2.12. The largest absolute Gasteiger partial charge is 0.390 e. The zero-order valence-corrected chi connectivity index (χ0v) is 7.23. The molecule has 0 saturated heterocycles. The lowest BCUT2D eigenvalue weighted by Crippen LogP contribution is -1.88. The molecule has 72 valence electrons. The summed E-state index contributed by atoms with van der Waals surface area (Å²) in [5.74, 6) is 0. The van der Waals surface area contributed by atoms with E-state index in [1.54, 1.807) is 18.2 Å². The predicted molar refractivity (Wildman–Crippen MR) is 50.9 cm³/mol. The summed E-state index contributed by atoms with van der Waals surface area (Å²) in [5, 5.41) is 20.2. The molecule has 0 aliphatic rings. The van der Waals surface area contributed by atoms with Crippen molar-refractivity contribution in [2.45, 2.75) is 6.61 Å². The molecule has 2 rings (SSSR count). The molecule has 0 aliphatic heterocycles. The summed E-state index contributed by atoms with van der Waals surface area (Å²) in [5.41, 5.74) is 1.07. The highest BCUT2D eigenvalue weighted by molar-refractivity contribution is 5.88. The van der Waals surface area contributed by atoms with E-state index in [9.17, 15) is 10.1 Å². The van der Waals surface area contributed by atoms with Crippen molar-refractivity contribution < 1.29 is 10.0 Å². The van der Waals surface area contributed by atoms with E-state index in [1.807, 2.05) is 0 Å². The van der Waals surface area contributed by atoms with Crippen LogP contribution in [-0.4, -0.2) is 15.0 Å². The Kier molecular flexibility index (Phi) is 1.94. The number of non-ortho nitro benzene ring substituents is 1. The van der Waals surface area contributed by atoms with E-state index in [4.69, 9.17) is 5.11 Å². The first-order chi connectivity index (χ1) is 6.72. The number of hydrogen-bond acceptors (Lipinski definition) is 3. The Hall–Kier alpha value is -1.88. The first-order valence-corrected chi connectivity index (χ1v) is 4.08. The molecule has 0 spiro atoms. The number of benzene rings is 1. The standard InChI is InChI=1S/C9H8N2O3/c12-5-7-4-6-2-1-3-8(11(13)14)9(6)10-7/h1-4,10,12H,5H2. The first-order valence-electron chi connectivity index (χ1n) is 4.08. The molecule has 1 aromatic heterocycles. The van der Waals surface area contributed by atoms with Crippen LogP contribution in [0.2, 0.25) is 0 Å². The molecule has 0 unspecified atom stereocenters. The second kappa shape index (κ2) is 3.12. The quantitative estimate of drug-likeness (QED) is 0.559. The molecule has 0 bridgehead atoms. The number of aromatic amines is 1. The van der Waals surface area contributed by atoms with E-state index in [0.29, 0.717) is 11.2 Å². The van der Waals surface area contributed by atoms with Gasteiger partial charge in [-0.2, -0.15) is 0 Å². The normalized spacial score (nSPS) is 10.6. The average molecular weight is 192 g/mol. The minimum Gasteiger partial charge on any atom is -0.390 e. The van der Waals surface area contributed by atoms with Gasteiger partial charge in [-0.25, -0.2) is 0 Å². The smallest absolute Gasteiger partial charge is 0.293 e. The molecule has 14 heavy (non-hydrogen) atoms. The van der Waals surface area contributed by atoms with Gasteiger partial charge in [0.25, 0.3) is 5.69 Å². The van der Waals surface area contributed by atoms with Crippen molar-refractivity contribution in [1.82, 2.24) is 4.98 Å². The maximum absolute atomic E-state index is 10.6. The monoisotopic (exact) mass is 192 g/mol. The summed E-state index contributed by atoms with van der Waals surface area (Å²) < 4.78 is 0. The van der Waals surface area contributed by atoms with Crippen molar-refractivity contribution in [3.63, 3.8) is 0 Å². The van der Waals surface area contributed by atoms with Gasteiger partial charge in [0.1, 0.15) is 5.52 Å². The number of nitro groups is 1. The van der Waals surface area contributed by atoms with Crippen molar-refractivity contribution in [3.05, 3.63) is 40.1 Å². The molecular weight excluding hydrogens is 184 g/mol. The SMILES string of the molecule is O=[N+]([O-])c1cccc2cc(CO)[nH]c12. The summed E-state index contributed by atoms with van der Waals surface area (Å²) in [6, 6.07) is 6.51. The van der Waals surface area contributed by atoms with Gasteiger partial charge in [0.2, 0.25) is 0 Å². The number of hydrogen-bond donors (Lipinski definition) is 2. The predicted octanol–water partition coefficient (Wildman–Crippen LogP) is 1.57. The lowest BCUT2D eigenvalue weighted by Gasteiger charge is -1.92. The van der Waals surface area contributed by atoms with Gasteiger partial charge >= 0.3 is 0 Å². The second-order valence-corrected chi connectivity index (χ2v) is 2.95.